The minimum Gasteiger partial charge on any atom is -0.493 e. The van der Waals surface area contributed by atoms with E-state index in [0.29, 0.717) is 28.8 Å². The summed E-state index contributed by atoms with van der Waals surface area (Å²) in [6, 6.07) is 11.2. The highest BCUT2D eigenvalue weighted by atomic mass is 16.5. The number of hydrogen-bond acceptors (Lipinski definition) is 9. The third kappa shape index (κ3) is 4.38. The molecule has 3 aromatic rings. The van der Waals surface area contributed by atoms with Gasteiger partial charge in [-0.1, -0.05) is 12.1 Å². The van der Waals surface area contributed by atoms with E-state index >= 15 is 0 Å². The van der Waals surface area contributed by atoms with Crippen LogP contribution in [0.1, 0.15) is 15.9 Å². The lowest BCUT2D eigenvalue weighted by Crippen LogP contribution is -2.46. The van der Waals surface area contributed by atoms with E-state index < -0.39 is 0 Å². The zero-order chi connectivity index (χ0) is 22.7. The third-order valence-corrected chi connectivity index (χ3v) is 5.66. The van der Waals surface area contributed by atoms with E-state index in [1.165, 1.54) is 7.11 Å². The van der Waals surface area contributed by atoms with Crippen molar-refractivity contribution in [1.29, 1.82) is 0 Å². The van der Waals surface area contributed by atoms with Crippen LogP contribution in [-0.2, 0) is 11.3 Å². The van der Waals surface area contributed by atoms with Gasteiger partial charge in [-0.25, -0.2) is 9.78 Å². The Kier molecular flexibility index (Phi) is 6.27. The van der Waals surface area contributed by atoms with Gasteiger partial charge in [0.15, 0.2) is 11.5 Å². The third-order valence-electron chi connectivity index (χ3n) is 5.66. The number of carbonyl (C=O) groups is 1. The topological polar surface area (TPSA) is 103 Å². The normalized spacial score (nSPS) is 14.4. The molecule has 1 fully saturated rings. The van der Waals surface area contributed by atoms with Crippen molar-refractivity contribution in [3.63, 3.8) is 0 Å². The number of nitrogens with two attached hydrogens (primary N) is 1. The first-order valence-electron chi connectivity index (χ1n) is 10.4. The fourth-order valence-electron chi connectivity index (χ4n) is 3.84. The number of benzene rings is 2. The molecule has 0 unspecified atom stereocenters. The lowest BCUT2D eigenvalue weighted by Gasteiger charge is -2.34. The molecule has 0 saturated carbocycles. The number of methoxy groups -OCH3 is 3. The highest BCUT2D eigenvalue weighted by Gasteiger charge is 2.21. The molecule has 1 saturated heterocycles. The van der Waals surface area contributed by atoms with Crippen molar-refractivity contribution in [2.45, 2.75) is 6.54 Å². The Morgan fingerprint density at radius 2 is 1.62 bits per heavy atom. The van der Waals surface area contributed by atoms with E-state index in [9.17, 15) is 4.79 Å². The van der Waals surface area contributed by atoms with Crippen LogP contribution >= 0.6 is 0 Å². The summed E-state index contributed by atoms with van der Waals surface area (Å²) in [6.07, 6.45) is 0. The van der Waals surface area contributed by atoms with E-state index in [1.54, 1.807) is 32.4 Å². The fraction of sp³-hybridized carbons (Fsp3) is 0.348. The Balaban J connectivity index is 1.44. The summed E-state index contributed by atoms with van der Waals surface area (Å²) in [5, 5.41) is 0.737. The van der Waals surface area contributed by atoms with Crippen molar-refractivity contribution in [1.82, 2.24) is 14.9 Å². The van der Waals surface area contributed by atoms with Crippen molar-refractivity contribution in [2.75, 3.05) is 58.1 Å². The van der Waals surface area contributed by atoms with Crippen LogP contribution in [0.4, 0.5) is 11.8 Å². The monoisotopic (exact) mass is 437 g/mol. The second-order valence-electron chi connectivity index (χ2n) is 7.58. The number of esters is 1. The molecule has 0 bridgehead atoms. The van der Waals surface area contributed by atoms with Gasteiger partial charge in [0.05, 0.1) is 32.4 Å². The molecular formula is C23H27N5O4. The molecular weight excluding hydrogens is 410 g/mol. The van der Waals surface area contributed by atoms with Crippen LogP contribution < -0.4 is 20.1 Å². The molecule has 1 aliphatic rings. The van der Waals surface area contributed by atoms with Gasteiger partial charge in [0.2, 0.25) is 5.95 Å². The number of rotatable bonds is 6. The van der Waals surface area contributed by atoms with Gasteiger partial charge in [-0.15, -0.1) is 0 Å². The average Bonchev–Trinajstić information content (AvgIpc) is 2.83. The van der Waals surface area contributed by atoms with Gasteiger partial charge in [-0.05, 0) is 23.8 Å². The summed E-state index contributed by atoms with van der Waals surface area (Å²) in [7, 11) is 4.56. The Bertz CT molecular complexity index is 1110. The number of ether oxygens (including phenoxy) is 3. The first-order chi connectivity index (χ1) is 15.5. The number of piperazine rings is 1. The number of nitrogen functional groups attached to an aromatic ring is 1. The van der Waals surface area contributed by atoms with E-state index in [2.05, 4.69) is 14.8 Å². The second kappa shape index (κ2) is 9.27. The number of carbonyl (C=O) groups excluding carboxylic acids is 1. The molecule has 9 nitrogen and oxygen atoms in total. The molecule has 1 aliphatic heterocycles. The van der Waals surface area contributed by atoms with Gasteiger partial charge in [-0.3, -0.25) is 4.90 Å². The lowest BCUT2D eigenvalue weighted by molar-refractivity contribution is 0.0600. The standard InChI is InChI=1S/C23H27N5O4/c1-30-19-12-17-18(13-20(19)31-2)25-23(26-21(17)24)28-10-8-27(9-11-28)14-15-4-6-16(7-5-15)22(29)32-3/h4-7,12-13H,8-11,14H2,1-3H3,(H2,24,25,26). The summed E-state index contributed by atoms with van der Waals surface area (Å²) in [4.78, 5) is 25.3. The van der Waals surface area contributed by atoms with E-state index in [1.807, 2.05) is 18.2 Å². The van der Waals surface area contributed by atoms with E-state index in [0.717, 1.165) is 49.2 Å². The Morgan fingerprint density at radius 1 is 0.969 bits per heavy atom. The minimum atomic E-state index is -0.323. The van der Waals surface area contributed by atoms with Crippen LogP contribution in [0.3, 0.4) is 0 Å². The van der Waals surface area contributed by atoms with Crippen molar-refractivity contribution in [2.24, 2.45) is 0 Å². The molecule has 0 spiro atoms. The zero-order valence-electron chi connectivity index (χ0n) is 18.5. The van der Waals surface area contributed by atoms with Crippen molar-refractivity contribution >= 4 is 28.6 Å². The highest BCUT2D eigenvalue weighted by molar-refractivity contribution is 5.92. The molecule has 2 aromatic carbocycles. The van der Waals surface area contributed by atoms with Gasteiger partial charge in [0, 0.05) is 44.2 Å². The van der Waals surface area contributed by atoms with Crippen molar-refractivity contribution in [3.05, 3.63) is 47.5 Å². The number of anilines is 2. The summed E-state index contributed by atoms with van der Waals surface area (Å²) in [5.41, 5.74) is 8.66. The molecule has 0 atom stereocenters. The summed E-state index contributed by atoms with van der Waals surface area (Å²) in [6.45, 7) is 4.13. The quantitative estimate of drug-likeness (QED) is 0.582. The predicted octanol–water partition coefficient (Wildman–Crippen LogP) is 2.34. The molecule has 168 valence electrons. The van der Waals surface area contributed by atoms with Crippen LogP contribution in [0.2, 0.25) is 0 Å². The van der Waals surface area contributed by atoms with Gasteiger partial charge in [0.25, 0.3) is 0 Å². The van der Waals surface area contributed by atoms with Gasteiger partial charge in [0.1, 0.15) is 5.82 Å². The van der Waals surface area contributed by atoms with Crippen LogP contribution in [0.5, 0.6) is 11.5 Å². The number of fused-ring (bicyclic) bond motifs is 1. The highest BCUT2D eigenvalue weighted by Crippen LogP contribution is 2.34. The molecule has 2 heterocycles. The molecule has 1 aromatic heterocycles. The molecule has 0 aliphatic carbocycles. The van der Waals surface area contributed by atoms with Gasteiger partial charge < -0.3 is 24.8 Å². The summed E-state index contributed by atoms with van der Waals surface area (Å²) < 4.78 is 15.5. The summed E-state index contributed by atoms with van der Waals surface area (Å²) in [5.74, 6) is 1.91. The van der Waals surface area contributed by atoms with Crippen LogP contribution in [-0.4, -0.2) is 68.3 Å². The second-order valence-corrected chi connectivity index (χ2v) is 7.58. The Labute approximate surface area is 186 Å². The maximum absolute atomic E-state index is 11.6. The fourth-order valence-corrected chi connectivity index (χ4v) is 3.84. The molecule has 32 heavy (non-hydrogen) atoms. The molecule has 2 N–H and O–H groups in total. The Morgan fingerprint density at radius 3 is 2.25 bits per heavy atom. The smallest absolute Gasteiger partial charge is 0.337 e. The minimum absolute atomic E-state index is 0.323. The number of aromatic nitrogens is 2. The number of nitrogens with zero attached hydrogens (tertiary/aromatic N) is 4. The van der Waals surface area contributed by atoms with E-state index in [4.69, 9.17) is 24.9 Å². The van der Waals surface area contributed by atoms with Crippen LogP contribution in [0.25, 0.3) is 10.9 Å². The lowest BCUT2D eigenvalue weighted by atomic mass is 10.1. The first-order valence-corrected chi connectivity index (χ1v) is 10.4. The largest absolute Gasteiger partial charge is 0.493 e. The SMILES string of the molecule is COC(=O)c1ccc(CN2CCN(c3nc(N)c4cc(OC)c(OC)cc4n3)CC2)cc1. The van der Waals surface area contributed by atoms with Crippen molar-refractivity contribution < 1.29 is 19.0 Å². The van der Waals surface area contributed by atoms with Gasteiger partial charge >= 0.3 is 5.97 Å². The zero-order valence-corrected chi connectivity index (χ0v) is 18.5. The first kappa shape index (κ1) is 21.6. The maximum atomic E-state index is 11.6. The average molecular weight is 438 g/mol. The maximum Gasteiger partial charge on any atom is 0.337 e. The van der Waals surface area contributed by atoms with Gasteiger partial charge in [-0.2, -0.15) is 4.98 Å². The van der Waals surface area contributed by atoms with Crippen LogP contribution in [0, 0.1) is 0 Å². The molecule has 4 rings (SSSR count). The number of hydrogen-bond donors (Lipinski definition) is 1. The van der Waals surface area contributed by atoms with Crippen molar-refractivity contribution in [3.8, 4) is 11.5 Å². The molecule has 0 amide bonds. The summed E-state index contributed by atoms with van der Waals surface area (Å²) >= 11 is 0. The van der Waals surface area contributed by atoms with Crippen LogP contribution in [0.15, 0.2) is 36.4 Å². The molecule has 9 heteroatoms. The predicted molar refractivity (Wildman–Crippen MR) is 122 cm³/mol. The molecule has 0 radical (unpaired) electrons. The van der Waals surface area contributed by atoms with E-state index in [-0.39, 0.29) is 5.97 Å². The Hall–Kier alpha value is -3.59.